The molecule has 180 valence electrons. The van der Waals surface area contributed by atoms with E-state index in [1.165, 1.54) is 13.1 Å². The molecule has 1 aromatic carbocycles. The number of piperidine rings is 1. The Labute approximate surface area is 192 Å². The smallest absolute Gasteiger partial charge is 0.414 e. The highest BCUT2D eigenvalue weighted by atomic mass is 16.5. The Balaban J connectivity index is 0.000000454. The summed E-state index contributed by atoms with van der Waals surface area (Å²) in [5, 5.41) is 23.6. The van der Waals surface area contributed by atoms with Crippen LogP contribution < -0.4 is 5.32 Å². The monoisotopic (exact) mass is 460 g/mol. The van der Waals surface area contributed by atoms with Crippen molar-refractivity contribution in [1.82, 2.24) is 20.0 Å². The van der Waals surface area contributed by atoms with Gasteiger partial charge in [0.25, 0.3) is 5.91 Å². The van der Waals surface area contributed by atoms with E-state index in [0.717, 1.165) is 48.9 Å². The Hall–Kier alpha value is -2.98. The van der Waals surface area contributed by atoms with Crippen molar-refractivity contribution >= 4 is 28.7 Å². The molecule has 3 N–H and O–H groups in total. The number of amides is 1. The van der Waals surface area contributed by atoms with Crippen LogP contribution in [0.2, 0.25) is 0 Å². The summed E-state index contributed by atoms with van der Waals surface area (Å²) in [5.74, 6) is -1.51. The molecular weight excluding hydrogens is 428 g/mol. The summed E-state index contributed by atoms with van der Waals surface area (Å²) in [6, 6.07) is 6.11. The van der Waals surface area contributed by atoms with Crippen LogP contribution in [0.25, 0.3) is 10.9 Å². The molecule has 2 fully saturated rings. The first kappa shape index (κ1) is 24.7. The van der Waals surface area contributed by atoms with Crippen LogP contribution in [0.3, 0.4) is 0 Å². The number of carboxylic acids is 2. The zero-order valence-electron chi connectivity index (χ0n) is 19.2. The standard InChI is InChI=1S/C21H30N4O2.C2H2O4/c1-14(2)25-11-15-6-4-7-16(20(15)23-25)21(26)22-10-17-18-12-24(13-19(17)18)8-5-9-27-3;3-1(4)2(5)6/h4,6-7,11,14,17-19H,5,8-10,12-13H2,1-3H3,(H,22,26);(H,3,4)(H,5,6). The quantitative estimate of drug-likeness (QED) is 0.400. The number of nitrogens with zero attached hydrogens (tertiary/aromatic N) is 3. The minimum Gasteiger partial charge on any atom is -0.473 e. The molecule has 0 radical (unpaired) electrons. The summed E-state index contributed by atoms with van der Waals surface area (Å²) in [4.78, 5) is 33.5. The third-order valence-electron chi connectivity index (χ3n) is 6.28. The number of fused-ring (bicyclic) bond motifs is 2. The second kappa shape index (κ2) is 10.8. The van der Waals surface area contributed by atoms with Gasteiger partial charge in [0.1, 0.15) is 5.52 Å². The molecule has 0 spiro atoms. The van der Waals surface area contributed by atoms with Crippen LogP contribution in [0.15, 0.2) is 24.4 Å². The van der Waals surface area contributed by atoms with Gasteiger partial charge in [-0.25, -0.2) is 9.59 Å². The lowest BCUT2D eigenvalue weighted by Crippen LogP contribution is -2.31. The second-order valence-corrected chi connectivity index (χ2v) is 8.86. The Bertz CT molecular complexity index is 980. The van der Waals surface area contributed by atoms with Gasteiger partial charge in [0.15, 0.2) is 0 Å². The lowest BCUT2D eigenvalue weighted by atomic mass is 10.1. The summed E-state index contributed by atoms with van der Waals surface area (Å²) in [6.45, 7) is 9.27. The number of hydrogen-bond donors (Lipinski definition) is 3. The lowest BCUT2D eigenvalue weighted by Gasteiger charge is -2.19. The Morgan fingerprint density at radius 1 is 1.18 bits per heavy atom. The number of aliphatic carboxylic acids is 2. The minimum atomic E-state index is -1.82. The molecular formula is C23H32N4O6. The van der Waals surface area contributed by atoms with Crippen molar-refractivity contribution in [3.63, 3.8) is 0 Å². The molecule has 1 aromatic heterocycles. The number of rotatable bonds is 8. The third kappa shape index (κ3) is 6.08. The summed E-state index contributed by atoms with van der Waals surface area (Å²) in [5.41, 5.74) is 1.47. The predicted molar refractivity (Wildman–Crippen MR) is 121 cm³/mol. The van der Waals surface area contributed by atoms with Crippen molar-refractivity contribution in [3.05, 3.63) is 30.0 Å². The first-order valence-corrected chi connectivity index (χ1v) is 11.2. The van der Waals surface area contributed by atoms with Crippen molar-refractivity contribution in [2.24, 2.45) is 17.8 Å². The van der Waals surface area contributed by atoms with E-state index in [1.54, 1.807) is 7.11 Å². The average molecular weight is 461 g/mol. The van der Waals surface area contributed by atoms with E-state index in [2.05, 4.69) is 29.2 Å². The zero-order valence-corrected chi connectivity index (χ0v) is 19.2. The highest BCUT2D eigenvalue weighted by Gasteiger charge is 2.54. The van der Waals surface area contributed by atoms with Gasteiger partial charge in [-0.1, -0.05) is 12.1 Å². The molecule has 2 aromatic rings. The second-order valence-electron chi connectivity index (χ2n) is 8.86. The summed E-state index contributed by atoms with van der Waals surface area (Å²) in [6.07, 6.45) is 3.12. The van der Waals surface area contributed by atoms with Crippen LogP contribution in [0.5, 0.6) is 0 Å². The maximum Gasteiger partial charge on any atom is 0.414 e. The van der Waals surface area contributed by atoms with Gasteiger partial charge in [-0.15, -0.1) is 0 Å². The van der Waals surface area contributed by atoms with Gasteiger partial charge in [-0.2, -0.15) is 5.10 Å². The fourth-order valence-electron chi connectivity index (χ4n) is 4.47. The number of ether oxygens (including phenoxy) is 1. The van der Waals surface area contributed by atoms with Crippen LogP contribution in [-0.4, -0.2) is 82.6 Å². The number of nitrogens with one attached hydrogen (secondary N) is 1. The number of carboxylic acid groups (broad SMARTS) is 2. The SMILES string of the molecule is COCCCN1CC2C(CNC(=O)c3cccc4cn(C(C)C)nc34)C2C1.O=C(O)C(=O)O. The highest BCUT2D eigenvalue weighted by Crippen LogP contribution is 2.51. The third-order valence-corrected chi connectivity index (χ3v) is 6.28. The van der Waals surface area contributed by atoms with Gasteiger partial charge in [0, 0.05) is 57.5 Å². The number of benzene rings is 1. The number of carbonyl (C=O) groups excluding carboxylic acids is 1. The number of likely N-dealkylation sites (tertiary alicyclic amines) is 1. The molecule has 2 unspecified atom stereocenters. The fourth-order valence-corrected chi connectivity index (χ4v) is 4.47. The van der Waals surface area contributed by atoms with Crippen LogP contribution in [0.4, 0.5) is 0 Å². The molecule has 2 aliphatic rings. The van der Waals surface area contributed by atoms with E-state index in [9.17, 15) is 4.79 Å². The zero-order chi connectivity index (χ0) is 24.1. The molecule has 1 aliphatic carbocycles. The molecule has 1 saturated carbocycles. The van der Waals surface area contributed by atoms with E-state index in [1.807, 2.05) is 29.1 Å². The normalized spacial score (nSPS) is 21.4. The van der Waals surface area contributed by atoms with Crippen LogP contribution in [0, 0.1) is 17.8 Å². The molecule has 1 saturated heterocycles. The molecule has 33 heavy (non-hydrogen) atoms. The van der Waals surface area contributed by atoms with Gasteiger partial charge in [0.2, 0.25) is 0 Å². The molecule has 10 heteroatoms. The van der Waals surface area contributed by atoms with Gasteiger partial charge in [-0.3, -0.25) is 9.48 Å². The summed E-state index contributed by atoms with van der Waals surface area (Å²) >= 11 is 0. The topological polar surface area (TPSA) is 134 Å². The van der Waals surface area contributed by atoms with E-state index in [4.69, 9.17) is 24.5 Å². The number of hydrogen-bond acceptors (Lipinski definition) is 6. The van der Waals surface area contributed by atoms with Crippen molar-refractivity contribution in [2.45, 2.75) is 26.3 Å². The highest BCUT2D eigenvalue weighted by molar-refractivity contribution is 6.27. The molecule has 1 aliphatic heterocycles. The average Bonchev–Trinajstić information content (AvgIpc) is 3.11. The van der Waals surface area contributed by atoms with Gasteiger partial charge >= 0.3 is 11.9 Å². The molecule has 2 atom stereocenters. The van der Waals surface area contributed by atoms with Crippen LogP contribution >= 0.6 is 0 Å². The molecule has 2 heterocycles. The van der Waals surface area contributed by atoms with Crippen molar-refractivity contribution in [1.29, 1.82) is 0 Å². The fraction of sp³-hybridized carbons (Fsp3) is 0.565. The molecule has 1 amide bonds. The molecule has 10 nitrogen and oxygen atoms in total. The maximum atomic E-state index is 12.7. The number of carbonyl (C=O) groups is 3. The largest absolute Gasteiger partial charge is 0.473 e. The summed E-state index contributed by atoms with van der Waals surface area (Å²) < 4.78 is 7.05. The Morgan fingerprint density at radius 3 is 2.42 bits per heavy atom. The minimum absolute atomic E-state index is 0.00321. The van der Waals surface area contributed by atoms with Gasteiger partial charge < -0.3 is 25.2 Å². The van der Waals surface area contributed by atoms with Crippen LogP contribution in [-0.2, 0) is 14.3 Å². The van der Waals surface area contributed by atoms with E-state index in [-0.39, 0.29) is 11.9 Å². The van der Waals surface area contributed by atoms with Gasteiger partial charge in [0.05, 0.1) is 5.56 Å². The summed E-state index contributed by atoms with van der Waals surface area (Å²) in [7, 11) is 1.76. The van der Waals surface area contributed by atoms with E-state index < -0.39 is 11.9 Å². The number of methoxy groups -OCH3 is 1. The lowest BCUT2D eigenvalue weighted by molar-refractivity contribution is -0.159. The first-order valence-electron chi connectivity index (χ1n) is 11.2. The maximum absolute atomic E-state index is 12.7. The van der Waals surface area contributed by atoms with Gasteiger partial charge in [-0.05, 0) is 44.1 Å². The molecule has 4 rings (SSSR count). The Kier molecular flexibility index (Phi) is 8.04. The van der Waals surface area contributed by atoms with Crippen molar-refractivity contribution in [3.8, 4) is 0 Å². The van der Waals surface area contributed by atoms with E-state index in [0.29, 0.717) is 11.5 Å². The van der Waals surface area contributed by atoms with Crippen molar-refractivity contribution < 1.29 is 29.3 Å². The Morgan fingerprint density at radius 2 is 1.85 bits per heavy atom. The van der Waals surface area contributed by atoms with Crippen molar-refractivity contribution in [2.75, 3.05) is 39.9 Å². The van der Waals surface area contributed by atoms with Crippen LogP contribution in [0.1, 0.15) is 36.7 Å². The van der Waals surface area contributed by atoms with E-state index >= 15 is 0 Å². The number of aromatic nitrogens is 2. The molecule has 0 bridgehead atoms. The predicted octanol–water partition coefficient (Wildman–Crippen LogP) is 1.72. The first-order chi connectivity index (χ1) is 15.7.